The summed E-state index contributed by atoms with van der Waals surface area (Å²) in [6, 6.07) is 17.5. The normalized spacial score (nSPS) is 13.1. The fraction of sp³-hybridized carbons (Fsp3) is 0.346. The number of hydrogen-bond acceptors (Lipinski definition) is 4. The zero-order valence-corrected chi connectivity index (χ0v) is 19.3. The lowest BCUT2D eigenvalue weighted by molar-refractivity contribution is -0.135. The summed E-state index contributed by atoms with van der Waals surface area (Å²) in [7, 11) is 1.62. The van der Waals surface area contributed by atoms with Gasteiger partial charge < -0.3 is 9.64 Å². The molecule has 2 amide bonds. The van der Waals surface area contributed by atoms with Crippen molar-refractivity contribution in [3.8, 4) is 22.7 Å². The molecule has 0 radical (unpaired) electrons. The zero-order chi connectivity index (χ0) is 23.4. The van der Waals surface area contributed by atoms with Crippen molar-refractivity contribution in [1.82, 2.24) is 14.5 Å². The lowest BCUT2D eigenvalue weighted by Gasteiger charge is -2.22. The van der Waals surface area contributed by atoms with E-state index in [1.54, 1.807) is 12.0 Å². The molecule has 1 aliphatic rings. The fourth-order valence-electron chi connectivity index (χ4n) is 3.75. The van der Waals surface area contributed by atoms with E-state index in [0.717, 1.165) is 35.5 Å². The number of ether oxygens (including phenoxy) is 1. The average Bonchev–Trinajstić information content (AvgIpc) is 3.57. The SMILES string of the molecule is COc1ccc(-n2cc(-c3ccccc3)nc2NC(=O)CN(C(=O)CC(C)C)C2CC2)cc1. The van der Waals surface area contributed by atoms with Crippen molar-refractivity contribution in [1.29, 1.82) is 0 Å². The number of rotatable bonds is 9. The van der Waals surface area contributed by atoms with Crippen LogP contribution in [0.3, 0.4) is 0 Å². The summed E-state index contributed by atoms with van der Waals surface area (Å²) in [6.45, 7) is 4.06. The van der Waals surface area contributed by atoms with Crippen LogP contribution in [0.1, 0.15) is 33.1 Å². The zero-order valence-electron chi connectivity index (χ0n) is 19.3. The Morgan fingerprint density at radius 1 is 1.12 bits per heavy atom. The van der Waals surface area contributed by atoms with E-state index in [1.807, 2.05) is 79.2 Å². The van der Waals surface area contributed by atoms with Crippen LogP contribution in [0.2, 0.25) is 0 Å². The minimum Gasteiger partial charge on any atom is -0.497 e. The van der Waals surface area contributed by atoms with Crippen LogP contribution < -0.4 is 10.1 Å². The van der Waals surface area contributed by atoms with Crippen LogP contribution in [0.15, 0.2) is 60.8 Å². The molecular weight excluding hydrogens is 416 g/mol. The molecule has 0 unspecified atom stereocenters. The highest BCUT2D eigenvalue weighted by Gasteiger charge is 2.34. The molecule has 0 bridgehead atoms. The number of benzene rings is 2. The summed E-state index contributed by atoms with van der Waals surface area (Å²) in [6.07, 6.45) is 4.25. The van der Waals surface area contributed by atoms with Crippen molar-refractivity contribution in [2.45, 2.75) is 39.2 Å². The first kappa shape index (κ1) is 22.6. The number of imidazole rings is 1. The second kappa shape index (κ2) is 9.90. The summed E-state index contributed by atoms with van der Waals surface area (Å²) in [5.41, 5.74) is 2.54. The predicted octanol–water partition coefficient (Wildman–Crippen LogP) is 4.52. The minimum absolute atomic E-state index is 0.0334. The maximum atomic E-state index is 13.0. The van der Waals surface area contributed by atoms with Crippen LogP contribution in [-0.4, -0.2) is 46.0 Å². The van der Waals surface area contributed by atoms with Crippen molar-refractivity contribution in [3.63, 3.8) is 0 Å². The monoisotopic (exact) mass is 446 g/mol. The van der Waals surface area contributed by atoms with E-state index in [-0.39, 0.29) is 30.3 Å². The minimum atomic E-state index is -0.251. The van der Waals surface area contributed by atoms with E-state index in [0.29, 0.717) is 12.4 Å². The van der Waals surface area contributed by atoms with Gasteiger partial charge in [0.1, 0.15) is 12.3 Å². The van der Waals surface area contributed by atoms with Gasteiger partial charge in [0.15, 0.2) is 0 Å². The van der Waals surface area contributed by atoms with Gasteiger partial charge in [0.25, 0.3) is 0 Å². The molecule has 7 heteroatoms. The molecule has 1 heterocycles. The van der Waals surface area contributed by atoms with E-state index < -0.39 is 0 Å². The molecule has 1 aliphatic carbocycles. The summed E-state index contributed by atoms with van der Waals surface area (Å²) in [5.74, 6) is 1.20. The molecule has 1 aromatic heterocycles. The fourth-order valence-corrected chi connectivity index (χ4v) is 3.75. The molecule has 1 N–H and O–H groups in total. The van der Waals surface area contributed by atoms with Gasteiger partial charge in [-0.2, -0.15) is 0 Å². The van der Waals surface area contributed by atoms with Crippen molar-refractivity contribution >= 4 is 17.8 Å². The number of hydrogen-bond donors (Lipinski definition) is 1. The van der Waals surface area contributed by atoms with Crippen molar-refractivity contribution in [2.75, 3.05) is 19.0 Å². The number of nitrogens with zero attached hydrogens (tertiary/aromatic N) is 3. The smallest absolute Gasteiger partial charge is 0.246 e. The Bertz CT molecular complexity index is 1100. The molecule has 1 saturated carbocycles. The molecule has 172 valence electrons. The number of methoxy groups -OCH3 is 1. The Morgan fingerprint density at radius 3 is 2.42 bits per heavy atom. The number of carbonyl (C=O) groups is 2. The second-order valence-electron chi connectivity index (χ2n) is 8.78. The Labute approximate surface area is 194 Å². The van der Waals surface area contributed by atoms with Crippen LogP contribution in [0.5, 0.6) is 5.75 Å². The Kier molecular flexibility index (Phi) is 6.77. The molecule has 4 rings (SSSR count). The standard InChI is InChI=1S/C26H30N4O3/c1-18(2)15-25(32)29(20-9-10-20)17-24(31)28-26-27-23(19-7-5-4-6-8-19)16-30(26)21-11-13-22(33-3)14-12-21/h4-8,11-14,16,18,20H,9-10,15,17H2,1-3H3,(H,27,28,31). The topological polar surface area (TPSA) is 76.5 Å². The van der Waals surface area contributed by atoms with Crippen LogP contribution in [0.25, 0.3) is 16.9 Å². The Morgan fingerprint density at radius 2 is 1.82 bits per heavy atom. The molecule has 1 fully saturated rings. The summed E-state index contributed by atoms with van der Waals surface area (Å²) in [4.78, 5) is 32.1. The van der Waals surface area contributed by atoms with Gasteiger partial charge in [0, 0.05) is 29.9 Å². The molecule has 0 spiro atoms. The van der Waals surface area contributed by atoms with Gasteiger partial charge in [-0.3, -0.25) is 19.5 Å². The third-order valence-electron chi connectivity index (χ3n) is 5.58. The maximum Gasteiger partial charge on any atom is 0.246 e. The molecule has 0 saturated heterocycles. The van der Waals surface area contributed by atoms with Gasteiger partial charge in [-0.15, -0.1) is 0 Å². The van der Waals surface area contributed by atoms with Gasteiger partial charge in [-0.25, -0.2) is 4.98 Å². The molecule has 7 nitrogen and oxygen atoms in total. The number of carbonyl (C=O) groups excluding carboxylic acids is 2. The van der Waals surface area contributed by atoms with Crippen LogP contribution in [0.4, 0.5) is 5.95 Å². The van der Waals surface area contributed by atoms with E-state index in [9.17, 15) is 9.59 Å². The van der Waals surface area contributed by atoms with Crippen molar-refractivity contribution in [2.24, 2.45) is 5.92 Å². The van der Waals surface area contributed by atoms with E-state index >= 15 is 0 Å². The highest BCUT2D eigenvalue weighted by molar-refractivity contribution is 5.94. The molecule has 3 aromatic rings. The van der Waals surface area contributed by atoms with E-state index in [4.69, 9.17) is 9.72 Å². The molecular formula is C26H30N4O3. The molecule has 2 aromatic carbocycles. The first-order valence-corrected chi connectivity index (χ1v) is 11.3. The number of nitrogens with one attached hydrogen (secondary N) is 1. The van der Waals surface area contributed by atoms with Gasteiger partial charge in [-0.05, 0) is 43.0 Å². The lowest BCUT2D eigenvalue weighted by Crippen LogP contribution is -2.40. The van der Waals surface area contributed by atoms with Gasteiger partial charge in [0.05, 0.1) is 12.8 Å². The van der Waals surface area contributed by atoms with Crippen molar-refractivity contribution in [3.05, 3.63) is 60.8 Å². The Balaban J connectivity index is 1.59. The van der Waals surface area contributed by atoms with Gasteiger partial charge in [0.2, 0.25) is 17.8 Å². The van der Waals surface area contributed by atoms with Gasteiger partial charge in [-0.1, -0.05) is 44.2 Å². The molecule has 0 atom stereocenters. The summed E-state index contributed by atoms with van der Waals surface area (Å²) in [5, 5.41) is 2.94. The highest BCUT2D eigenvalue weighted by atomic mass is 16.5. The predicted molar refractivity (Wildman–Crippen MR) is 128 cm³/mol. The van der Waals surface area contributed by atoms with Crippen molar-refractivity contribution < 1.29 is 14.3 Å². The number of amides is 2. The average molecular weight is 447 g/mol. The Hall–Kier alpha value is -3.61. The van der Waals surface area contributed by atoms with Gasteiger partial charge >= 0.3 is 0 Å². The molecule has 0 aliphatic heterocycles. The third-order valence-corrected chi connectivity index (χ3v) is 5.58. The van der Waals surface area contributed by atoms with Crippen LogP contribution >= 0.6 is 0 Å². The quantitative estimate of drug-likeness (QED) is 0.524. The third kappa shape index (κ3) is 5.61. The summed E-state index contributed by atoms with van der Waals surface area (Å²) < 4.78 is 7.11. The lowest BCUT2D eigenvalue weighted by atomic mass is 10.1. The highest BCUT2D eigenvalue weighted by Crippen LogP contribution is 2.29. The van der Waals surface area contributed by atoms with E-state index in [2.05, 4.69) is 5.32 Å². The largest absolute Gasteiger partial charge is 0.497 e. The first-order chi connectivity index (χ1) is 15.9. The summed E-state index contributed by atoms with van der Waals surface area (Å²) >= 11 is 0. The number of anilines is 1. The number of aromatic nitrogens is 2. The van der Waals surface area contributed by atoms with Crippen LogP contribution in [0, 0.1) is 5.92 Å². The maximum absolute atomic E-state index is 13.0. The second-order valence-corrected chi connectivity index (χ2v) is 8.78. The molecule has 33 heavy (non-hydrogen) atoms. The van der Waals surface area contributed by atoms with E-state index in [1.165, 1.54) is 0 Å². The first-order valence-electron chi connectivity index (χ1n) is 11.3. The van der Waals surface area contributed by atoms with Crippen LogP contribution in [-0.2, 0) is 9.59 Å².